The smallest absolute Gasteiger partial charge is 0 e. The van der Waals surface area contributed by atoms with Crippen LogP contribution in [0.4, 0.5) is 0 Å². The quantitative estimate of drug-likeness (QED) is 0.540. The molecule has 0 rings (SSSR count). The summed E-state index contributed by atoms with van der Waals surface area (Å²) >= 11 is 0. The van der Waals surface area contributed by atoms with E-state index in [4.69, 9.17) is 0 Å². The zero-order valence-corrected chi connectivity index (χ0v) is 7.70. The molecule has 0 heterocycles. The summed E-state index contributed by atoms with van der Waals surface area (Å²) in [5.74, 6) is 0. The van der Waals surface area contributed by atoms with Crippen LogP contribution < -0.4 is 0 Å². The van der Waals surface area contributed by atoms with Crippen molar-refractivity contribution in [2.45, 2.75) is 27.7 Å². The van der Waals surface area contributed by atoms with Crippen molar-refractivity contribution in [2.24, 2.45) is 0 Å². The van der Waals surface area contributed by atoms with Crippen LogP contribution in [0.2, 0.25) is 0 Å². The Morgan fingerprint density at radius 1 is 1.43 bits per heavy atom. The first kappa shape index (κ1) is 24.3. The predicted molar refractivity (Wildman–Crippen MR) is 33.4 cm³/mol. The van der Waals surface area contributed by atoms with Gasteiger partial charge in [0.25, 0.3) is 0 Å². The monoisotopic (exact) mass is 177 g/mol. The minimum absolute atomic E-state index is 0. The van der Waals surface area contributed by atoms with Gasteiger partial charge in [0.1, 0.15) is 0 Å². The van der Waals surface area contributed by atoms with E-state index in [1.54, 1.807) is 0 Å². The Bertz CT molecular complexity index is 6.14. The third-order valence-corrected chi connectivity index (χ3v) is 0.408. The molecule has 0 aliphatic heterocycles. The molecular formula is C6H16Y-2. The summed E-state index contributed by atoms with van der Waals surface area (Å²) in [6.07, 6.45) is 3.32. The molecule has 0 atom stereocenters. The molecule has 0 spiro atoms. The average Bonchev–Trinajstić information content (AvgIpc) is 1.37. The van der Waals surface area contributed by atoms with Crippen molar-refractivity contribution in [3.05, 3.63) is 13.8 Å². The van der Waals surface area contributed by atoms with Crippen LogP contribution in [-0.4, -0.2) is 0 Å². The number of unbranched alkanes of at least 4 members (excludes halogenated alkanes) is 1. The van der Waals surface area contributed by atoms with E-state index in [0.29, 0.717) is 0 Å². The Labute approximate surface area is 74.0 Å². The molecule has 0 aromatic carbocycles. The maximum Gasteiger partial charge on any atom is 0 e. The maximum absolute atomic E-state index is 2.12. The Balaban J connectivity index is -0.0000000150. The Kier molecular flexibility index (Phi) is 95.3. The minimum atomic E-state index is 0. The fraction of sp³-hybridized carbons (Fsp3) is 0.667. The van der Waals surface area contributed by atoms with Gasteiger partial charge in [-0.15, -0.1) is 0 Å². The van der Waals surface area contributed by atoms with E-state index in [2.05, 4.69) is 20.3 Å². The normalized spacial score (nSPS) is 4.29. The Morgan fingerprint density at radius 2 is 1.57 bits per heavy atom. The van der Waals surface area contributed by atoms with Gasteiger partial charge in [-0.3, -0.25) is 0 Å². The van der Waals surface area contributed by atoms with Crippen molar-refractivity contribution < 1.29 is 32.7 Å². The maximum atomic E-state index is 2.12. The van der Waals surface area contributed by atoms with Crippen molar-refractivity contribution in [1.82, 2.24) is 0 Å². The second-order valence-corrected chi connectivity index (χ2v) is 0.816. The van der Waals surface area contributed by atoms with Crippen LogP contribution in [0.3, 0.4) is 0 Å². The summed E-state index contributed by atoms with van der Waals surface area (Å²) in [5, 5.41) is 0. The summed E-state index contributed by atoms with van der Waals surface area (Å²) in [6, 6.07) is 0. The van der Waals surface area contributed by atoms with Crippen LogP contribution in [0.15, 0.2) is 0 Å². The molecule has 1 heteroatoms. The van der Waals surface area contributed by atoms with Gasteiger partial charge in [0, 0.05) is 32.7 Å². The van der Waals surface area contributed by atoms with Gasteiger partial charge in [0.2, 0.25) is 0 Å². The van der Waals surface area contributed by atoms with Crippen LogP contribution in [0.5, 0.6) is 0 Å². The molecule has 0 fully saturated rings. The summed E-state index contributed by atoms with van der Waals surface area (Å²) < 4.78 is 0. The van der Waals surface area contributed by atoms with E-state index in [1.165, 1.54) is 6.42 Å². The van der Waals surface area contributed by atoms with E-state index < -0.39 is 0 Å². The molecule has 0 N–H and O–H groups in total. The van der Waals surface area contributed by atoms with Gasteiger partial charge in [-0.05, 0) is 0 Å². The average molecular weight is 177 g/mol. The van der Waals surface area contributed by atoms with E-state index >= 15 is 0 Å². The third kappa shape index (κ3) is 41.8. The first-order chi connectivity index (χ1) is 1.91. The molecule has 7 heavy (non-hydrogen) atoms. The third-order valence-electron chi connectivity index (χ3n) is 0.408. The SMILES string of the molecule is C.C[CH-]CC.[CH3-].[Y]. The van der Waals surface area contributed by atoms with Gasteiger partial charge in [-0.25, -0.2) is 0 Å². The van der Waals surface area contributed by atoms with Crippen LogP contribution in [0, 0.1) is 13.8 Å². The zero-order chi connectivity index (χ0) is 3.41. The topological polar surface area (TPSA) is 0 Å². The van der Waals surface area contributed by atoms with Gasteiger partial charge in [-0.1, -0.05) is 14.4 Å². The molecule has 0 nitrogen and oxygen atoms in total. The second kappa shape index (κ2) is 27.5. The summed E-state index contributed by atoms with van der Waals surface area (Å²) in [7, 11) is 0. The Morgan fingerprint density at radius 3 is 1.57 bits per heavy atom. The van der Waals surface area contributed by atoms with Crippen LogP contribution in [-0.2, 0) is 32.7 Å². The van der Waals surface area contributed by atoms with Gasteiger partial charge < -0.3 is 13.8 Å². The molecule has 0 saturated heterocycles. The number of hydrogen-bond donors (Lipinski definition) is 0. The van der Waals surface area contributed by atoms with Crippen molar-refractivity contribution in [2.75, 3.05) is 0 Å². The van der Waals surface area contributed by atoms with Crippen LogP contribution in [0.1, 0.15) is 27.7 Å². The largest absolute Gasteiger partial charge is 0.358 e. The first-order valence-electron chi connectivity index (χ1n) is 1.69. The predicted octanol–water partition coefficient (Wildman–Crippen LogP) is 2.70. The van der Waals surface area contributed by atoms with E-state index in [1.807, 2.05) is 0 Å². The zero-order valence-electron chi connectivity index (χ0n) is 4.86. The molecule has 1 radical (unpaired) electrons. The Hall–Kier alpha value is 1.10. The standard InChI is InChI=1S/C4H9.CH4.CH3.Y/c1-3-4-2;;;/h3H,4H2,1-2H3;1H4;1H3;/q-1;;-1;. The van der Waals surface area contributed by atoms with Gasteiger partial charge >= 0.3 is 0 Å². The molecule has 0 saturated carbocycles. The molecule has 45 valence electrons. The van der Waals surface area contributed by atoms with Crippen LogP contribution >= 0.6 is 0 Å². The minimum Gasteiger partial charge on any atom is -0.358 e. The van der Waals surface area contributed by atoms with E-state index in [9.17, 15) is 0 Å². The van der Waals surface area contributed by atoms with Crippen molar-refractivity contribution >= 4 is 0 Å². The second-order valence-electron chi connectivity index (χ2n) is 0.816. The molecule has 0 bridgehead atoms. The fourth-order valence-electron chi connectivity index (χ4n) is 0. The van der Waals surface area contributed by atoms with Gasteiger partial charge in [0.05, 0.1) is 0 Å². The fourth-order valence-corrected chi connectivity index (χ4v) is 0. The summed E-state index contributed by atoms with van der Waals surface area (Å²) in [6.45, 7) is 4.18. The summed E-state index contributed by atoms with van der Waals surface area (Å²) in [4.78, 5) is 0. The first-order valence-corrected chi connectivity index (χ1v) is 1.69. The molecule has 0 amide bonds. The van der Waals surface area contributed by atoms with Crippen LogP contribution in [0.25, 0.3) is 0 Å². The van der Waals surface area contributed by atoms with E-state index in [-0.39, 0.29) is 47.6 Å². The molecule has 0 aromatic heterocycles. The van der Waals surface area contributed by atoms with E-state index in [0.717, 1.165) is 0 Å². The van der Waals surface area contributed by atoms with Crippen molar-refractivity contribution in [3.8, 4) is 0 Å². The van der Waals surface area contributed by atoms with Gasteiger partial charge in [-0.2, -0.15) is 13.3 Å². The number of hydrogen-bond acceptors (Lipinski definition) is 0. The molecule has 0 aliphatic rings. The van der Waals surface area contributed by atoms with Crippen molar-refractivity contribution in [1.29, 1.82) is 0 Å². The molecular weight excluding hydrogens is 161 g/mol. The summed E-state index contributed by atoms with van der Waals surface area (Å²) in [5.41, 5.74) is 0. The van der Waals surface area contributed by atoms with Gasteiger partial charge in [0.15, 0.2) is 0 Å². The molecule has 0 aromatic rings. The van der Waals surface area contributed by atoms with Crippen molar-refractivity contribution in [3.63, 3.8) is 0 Å². The molecule has 0 unspecified atom stereocenters. The number of rotatable bonds is 1. The molecule has 0 aliphatic carbocycles.